The fourth-order valence-electron chi connectivity index (χ4n) is 2.48. The third kappa shape index (κ3) is 3.37. The van der Waals surface area contributed by atoms with Crippen molar-refractivity contribution in [2.45, 2.75) is 46.6 Å². The molecule has 8 heteroatoms. The molecule has 0 bridgehead atoms. The minimum atomic E-state index is 0.310. The van der Waals surface area contributed by atoms with Gasteiger partial charge in [0.05, 0.1) is 17.9 Å². The van der Waals surface area contributed by atoms with Crippen molar-refractivity contribution in [1.82, 2.24) is 30.0 Å². The molecule has 0 amide bonds. The van der Waals surface area contributed by atoms with Gasteiger partial charge in [0.15, 0.2) is 5.82 Å². The average molecular weight is 329 g/mol. The summed E-state index contributed by atoms with van der Waals surface area (Å²) in [6, 6.07) is 2.04. The third-order valence-electron chi connectivity index (χ3n) is 3.74. The quantitative estimate of drug-likeness (QED) is 0.686. The second-order valence-corrected chi connectivity index (χ2v) is 6.77. The minimum absolute atomic E-state index is 0.310. The van der Waals surface area contributed by atoms with Crippen molar-refractivity contribution < 1.29 is 4.52 Å². The van der Waals surface area contributed by atoms with Crippen molar-refractivity contribution >= 4 is 11.3 Å². The predicted molar refractivity (Wildman–Crippen MR) is 89.8 cm³/mol. The maximum atomic E-state index is 5.37. The first-order valence-electron chi connectivity index (χ1n) is 8.17. The Morgan fingerprint density at radius 1 is 1.25 bits per heavy atom. The number of hydrogen-bond acceptors (Lipinski definition) is 7. The van der Waals surface area contributed by atoms with Crippen LogP contribution in [0.25, 0.3) is 5.65 Å². The molecule has 128 valence electrons. The number of anilines is 1. The summed E-state index contributed by atoms with van der Waals surface area (Å²) in [6.07, 6.45) is 2.43. The van der Waals surface area contributed by atoms with Crippen molar-refractivity contribution in [3.8, 4) is 0 Å². The van der Waals surface area contributed by atoms with Gasteiger partial charge in [0.25, 0.3) is 0 Å². The van der Waals surface area contributed by atoms with Gasteiger partial charge in [0.2, 0.25) is 11.5 Å². The highest BCUT2D eigenvalue weighted by Crippen LogP contribution is 2.24. The summed E-state index contributed by atoms with van der Waals surface area (Å²) in [7, 11) is 1.97. The normalized spacial score (nSPS) is 11.8. The molecule has 0 unspecified atom stereocenters. The van der Waals surface area contributed by atoms with Gasteiger partial charge in [-0.3, -0.25) is 0 Å². The molecular weight excluding hydrogens is 306 g/mol. The van der Waals surface area contributed by atoms with Crippen molar-refractivity contribution in [1.29, 1.82) is 0 Å². The van der Waals surface area contributed by atoms with Crippen molar-refractivity contribution in [2.75, 3.05) is 11.9 Å². The SMILES string of the molecule is CC(C)Cc1noc(CN(C)c2cc(C(C)C)nn3cnnc23)n1. The summed E-state index contributed by atoms with van der Waals surface area (Å²) in [5.41, 5.74) is 2.63. The van der Waals surface area contributed by atoms with Gasteiger partial charge in [-0.1, -0.05) is 32.9 Å². The summed E-state index contributed by atoms with van der Waals surface area (Å²) in [5.74, 6) is 2.15. The molecule has 0 aliphatic heterocycles. The van der Waals surface area contributed by atoms with Crippen molar-refractivity contribution in [3.05, 3.63) is 29.8 Å². The molecule has 3 aromatic heterocycles. The zero-order chi connectivity index (χ0) is 17.3. The number of fused-ring (bicyclic) bond motifs is 1. The Hall–Kier alpha value is -2.51. The van der Waals surface area contributed by atoms with E-state index in [1.165, 1.54) is 0 Å². The van der Waals surface area contributed by atoms with Crippen LogP contribution in [-0.2, 0) is 13.0 Å². The van der Waals surface area contributed by atoms with E-state index in [1.54, 1.807) is 10.8 Å². The molecule has 3 aromatic rings. The first-order valence-corrected chi connectivity index (χ1v) is 8.17. The fraction of sp³-hybridized carbons (Fsp3) is 0.562. The molecule has 0 aromatic carbocycles. The largest absolute Gasteiger partial charge is 0.362 e. The lowest BCUT2D eigenvalue weighted by Crippen LogP contribution is -2.19. The minimum Gasteiger partial charge on any atom is -0.362 e. The summed E-state index contributed by atoms with van der Waals surface area (Å²) in [6.45, 7) is 9.00. The van der Waals surface area contributed by atoms with E-state index in [4.69, 9.17) is 4.52 Å². The molecule has 3 heterocycles. The molecule has 0 aliphatic rings. The van der Waals surface area contributed by atoms with Crippen molar-refractivity contribution in [2.24, 2.45) is 5.92 Å². The smallest absolute Gasteiger partial charge is 0.246 e. The maximum Gasteiger partial charge on any atom is 0.246 e. The Kier molecular flexibility index (Phi) is 4.46. The molecule has 24 heavy (non-hydrogen) atoms. The van der Waals surface area contributed by atoms with E-state index >= 15 is 0 Å². The highest BCUT2D eigenvalue weighted by molar-refractivity contribution is 5.68. The van der Waals surface area contributed by atoms with Gasteiger partial charge in [-0.25, -0.2) is 0 Å². The van der Waals surface area contributed by atoms with Gasteiger partial charge in [0.1, 0.15) is 6.33 Å². The van der Waals surface area contributed by atoms with Gasteiger partial charge in [0, 0.05) is 13.5 Å². The van der Waals surface area contributed by atoms with Crippen LogP contribution in [0.2, 0.25) is 0 Å². The van der Waals surface area contributed by atoms with Gasteiger partial charge < -0.3 is 9.42 Å². The Balaban J connectivity index is 1.86. The van der Waals surface area contributed by atoms with Gasteiger partial charge in [-0.2, -0.15) is 14.6 Å². The Morgan fingerprint density at radius 3 is 2.75 bits per heavy atom. The average Bonchev–Trinajstić information content (AvgIpc) is 3.14. The Bertz CT molecular complexity index is 821. The topological polar surface area (TPSA) is 85.2 Å². The highest BCUT2D eigenvalue weighted by Gasteiger charge is 2.16. The Morgan fingerprint density at radius 2 is 2.04 bits per heavy atom. The van der Waals surface area contributed by atoms with Crippen LogP contribution in [-0.4, -0.2) is 37.0 Å². The molecule has 8 nitrogen and oxygen atoms in total. The zero-order valence-electron chi connectivity index (χ0n) is 14.8. The van der Waals surface area contributed by atoms with Crippen LogP contribution in [0.3, 0.4) is 0 Å². The molecule has 0 atom stereocenters. The van der Waals surface area contributed by atoms with Crippen LogP contribution in [0.5, 0.6) is 0 Å². The van der Waals surface area contributed by atoms with Crippen LogP contribution in [0.15, 0.2) is 16.9 Å². The van der Waals surface area contributed by atoms with E-state index < -0.39 is 0 Å². The van der Waals surface area contributed by atoms with Crippen LogP contribution in [0.1, 0.15) is 51.0 Å². The monoisotopic (exact) mass is 329 g/mol. The molecule has 3 rings (SSSR count). The molecular formula is C16H23N7O. The standard InChI is InChI=1S/C16H23N7O/c1-10(2)6-14-18-15(24-21-14)8-22(5)13-7-12(11(3)4)20-23-9-17-19-16(13)23/h7,9-11H,6,8H2,1-5H3. The molecule has 0 aliphatic carbocycles. The van der Waals surface area contributed by atoms with E-state index in [0.717, 1.165) is 23.6 Å². The molecule has 0 spiro atoms. The lowest BCUT2D eigenvalue weighted by molar-refractivity contribution is 0.370. The first kappa shape index (κ1) is 16.4. The second-order valence-electron chi connectivity index (χ2n) is 6.77. The number of aromatic nitrogens is 6. The van der Waals surface area contributed by atoms with Crippen molar-refractivity contribution in [3.63, 3.8) is 0 Å². The van der Waals surface area contributed by atoms with E-state index in [-0.39, 0.29) is 0 Å². The first-order chi connectivity index (χ1) is 11.4. The lowest BCUT2D eigenvalue weighted by atomic mass is 10.1. The van der Waals surface area contributed by atoms with E-state index in [0.29, 0.717) is 29.9 Å². The summed E-state index contributed by atoms with van der Waals surface area (Å²) in [5, 5.41) is 16.7. The summed E-state index contributed by atoms with van der Waals surface area (Å²) >= 11 is 0. The van der Waals surface area contributed by atoms with Crippen LogP contribution < -0.4 is 4.90 Å². The van der Waals surface area contributed by atoms with E-state index in [2.05, 4.69) is 53.1 Å². The van der Waals surface area contributed by atoms with Crippen LogP contribution in [0.4, 0.5) is 5.69 Å². The molecule has 0 fully saturated rings. The molecule has 0 N–H and O–H groups in total. The number of hydrogen-bond donors (Lipinski definition) is 0. The van der Waals surface area contributed by atoms with Crippen LogP contribution in [0, 0.1) is 5.92 Å². The van der Waals surface area contributed by atoms with E-state index in [1.807, 2.05) is 18.0 Å². The molecule has 0 saturated heterocycles. The third-order valence-corrected chi connectivity index (χ3v) is 3.74. The van der Waals surface area contributed by atoms with Gasteiger partial charge in [-0.15, -0.1) is 10.2 Å². The van der Waals surface area contributed by atoms with E-state index in [9.17, 15) is 0 Å². The lowest BCUT2D eigenvalue weighted by Gasteiger charge is -2.18. The predicted octanol–water partition coefficient (Wildman–Crippen LogP) is 2.47. The number of nitrogens with zero attached hydrogens (tertiary/aromatic N) is 7. The molecule has 0 radical (unpaired) electrons. The number of rotatable bonds is 6. The van der Waals surface area contributed by atoms with Gasteiger partial charge >= 0.3 is 0 Å². The van der Waals surface area contributed by atoms with Gasteiger partial charge in [-0.05, 0) is 17.9 Å². The summed E-state index contributed by atoms with van der Waals surface area (Å²) in [4.78, 5) is 6.50. The van der Waals surface area contributed by atoms with Crippen LogP contribution >= 0.6 is 0 Å². The second kappa shape index (κ2) is 6.54. The zero-order valence-corrected chi connectivity index (χ0v) is 14.8. The summed E-state index contributed by atoms with van der Waals surface area (Å²) < 4.78 is 7.08. The maximum absolute atomic E-state index is 5.37. The Labute approximate surface area is 140 Å². The fourth-order valence-corrected chi connectivity index (χ4v) is 2.48. The molecule has 0 saturated carbocycles. The highest BCUT2D eigenvalue weighted by atomic mass is 16.5.